The highest BCUT2D eigenvalue weighted by Crippen LogP contribution is 2.21. The summed E-state index contributed by atoms with van der Waals surface area (Å²) in [6.07, 6.45) is 3.94. The summed E-state index contributed by atoms with van der Waals surface area (Å²) >= 11 is 0. The molecule has 0 amide bonds. The second kappa shape index (κ2) is 5.13. The number of aryl methyl sites for hydroxylation is 1. The lowest BCUT2D eigenvalue weighted by Crippen LogP contribution is -2.10. The zero-order valence-electron chi connectivity index (χ0n) is 10.7. The van der Waals surface area contributed by atoms with Crippen molar-refractivity contribution < 1.29 is 0 Å². The quantitative estimate of drug-likeness (QED) is 0.873. The number of fused-ring (bicyclic) bond motifs is 1. The van der Waals surface area contributed by atoms with Crippen LogP contribution in [0.5, 0.6) is 0 Å². The summed E-state index contributed by atoms with van der Waals surface area (Å²) in [5.74, 6) is 0. The van der Waals surface area contributed by atoms with Gasteiger partial charge in [-0.2, -0.15) is 0 Å². The van der Waals surface area contributed by atoms with Crippen LogP contribution in [0.3, 0.4) is 0 Å². The maximum atomic E-state index is 4.58. The van der Waals surface area contributed by atoms with Gasteiger partial charge in [0, 0.05) is 29.0 Å². The zero-order valence-corrected chi connectivity index (χ0v) is 10.7. The molecular formula is C14H19N3. The highest BCUT2D eigenvalue weighted by molar-refractivity contribution is 5.88. The lowest BCUT2D eigenvalue weighted by atomic mass is 10.2. The van der Waals surface area contributed by atoms with Gasteiger partial charge in [-0.25, -0.2) is 9.97 Å². The molecule has 2 rings (SSSR count). The minimum absolute atomic E-state index is 0.413. The molecule has 0 aromatic carbocycles. The second-order valence-electron chi connectivity index (χ2n) is 4.58. The summed E-state index contributed by atoms with van der Waals surface area (Å²) in [6, 6.07) is 6.63. The molecule has 0 bridgehead atoms. The Morgan fingerprint density at radius 1 is 1.24 bits per heavy atom. The first-order valence-corrected chi connectivity index (χ1v) is 6.22. The van der Waals surface area contributed by atoms with Gasteiger partial charge in [-0.15, -0.1) is 0 Å². The van der Waals surface area contributed by atoms with Crippen LogP contribution in [0.15, 0.2) is 24.4 Å². The Labute approximate surface area is 102 Å². The van der Waals surface area contributed by atoms with Crippen molar-refractivity contribution >= 4 is 16.7 Å². The van der Waals surface area contributed by atoms with E-state index in [4.69, 9.17) is 0 Å². The van der Waals surface area contributed by atoms with Gasteiger partial charge >= 0.3 is 0 Å². The molecule has 0 saturated carbocycles. The molecule has 0 fully saturated rings. The molecule has 1 N–H and O–H groups in total. The smallest absolute Gasteiger partial charge is 0.161 e. The summed E-state index contributed by atoms with van der Waals surface area (Å²) in [7, 11) is 0. The number of rotatable bonds is 4. The number of anilines is 1. The predicted octanol–water partition coefficient (Wildman–Crippen LogP) is 3.40. The fourth-order valence-electron chi connectivity index (χ4n) is 1.90. The van der Waals surface area contributed by atoms with E-state index >= 15 is 0 Å². The Kier molecular flexibility index (Phi) is 3.57. The number of nitrogens with zero attached hydrogens (tertiary/aromatic N) is 2. The standard InChI is InChI=1S/C14H19N3/c1-4-5-11-6-7-12-13(16-10(2)3)8-9-15-14(12)17-11/h6-10H,4-5H2,1-3H3,(H,15,16,17). The molecule has 2 heterocycles. The van der Waals surface area contributed by atoms with Crippen molar-refractivity contribution in [1.82, 2.24) is 9.97 Å². The van der Waals surface area contributed by atoms with Crippen LogP contribution in [-0.2, 0) is 6.42 Å². The van der Waals surface area contributed by atoms with Gasteiger partial charge in [0.25, 0.3) is 0 Å². The van der Waals surface area contributed by atoms with Crippen LogP contribution in [-0.4, -0.2) is 16.0 Å². The summed E-state index contributed by atoms with van der Waals surface area (Å²) in [4.78, 5) is 8.92. The molecule has 3 nitrogen and oxygen atoms in total. The topological polar surface area (TPSA) is 37.8 Å². The van der Waals surface area contributed by atoms with Crippen molar-refractivity contribution in [3.63, 3.8) is 0 Å². The molecule has 2 aromatic heterocycles. The average Bonchev–Trinajstić information content (AvgIpc) is 2.29. The predicted molar refractivity (Wildman–Crippen MR) is 72.3 cm³/mol. The van der Waals surface area contributed by atoms with E-state index in [1.807, 2.05) is 12.3 Å². The largest absolute Gasteiger partial charge is 0.382 e. The number of nitrogens with one attached hydrogen (secondary N) is 1. The van der Waals surface area contributed by atoms with Crippen LogP contribution in [0.2, 0.25) is 0 Å². The van der Waals surface area contributed by atoms with Crippen molar-refractivity contribution in [2.75, 3.05) is 5.32 Å². The summed E-state index contributed by atoms with van der Waals surface area (Å²) in [5, 5.41) is 4.52. The van der Waals surface area contributed by atoms with Gasteiger partial charge in [0.15, 0.2) is 5.65 Å². The van der Waals surface area contributed by atoms with Crippen LogP contribution in [0, 0.1) is 0 Å². The average molecular weight is 229 g/mol. The highest BCUT2D eigenvalue weighted by Gasteiger charge is 2.05. The molecular weight excluding hydrogens is 210 g/mol. The number of hydrogen-bond donors (Lipinski definition) is 1. The van der Waals surface area contributed by atoms with E-state index in [-0.39, 0.29) is 0 Å². The molecule has 0 saturated heterocycles. The van der Waals surface area contributed by atoms with Crippen LogP contribution >= 0.6 is 0 Å². The van der Waals surface area contributed by atoms with Crippen molar-refractivity contribution in [3.05, 3.63) is 30.1 Å². The molecule has 0 atom stereocenters. The van der Waals surface area contributed by atoms with Crippen molar-refractivity contribution in [2.24, 2.45) is 0 Å². The minimum Gasteiger partial charge on any atom is -0.382 e. The molecule has 0 aliphatic rings. The fourth-order valence-corrected chi connectivity index (χ4v) is 1.90. The molecule has 3 heteroatoms. The Bertz CT molecular complexity index is 506. The SMILES string of the molecule is CCCc1ccc2c(NC(C)C)ccnc2n1. The molecule has 17 heavy (non-hydrogen) atoms. The molecule has 0 radical (unpaired) electrons. The second-order valence-corrected chi connectivity index (χ2v) is 4.58. The third kappa shape index (κ3) is 2.73. The molecule has 90 valence electrons. The number of aromatic nitrogens is 2. The Balaban J connectivity index is 2.43. The van der Waals surface area contributed by atoms with Crippen LogP contribution in [0.4, 0.5) is 5.69 Å². The zero-order chi connectivity index (χ0) is 12.3. The van der Waals surface area contributed by atoms with Crippen molar-refractivity contribution in [2.45, 2.75) is 39.7 Å². The number of pyridine rings is 2. The monoisotopic (exact) mass is 229 g/mol. The molecule has 0 aliphatic heterocycles. The Morgan fingerprint density at radius 3 is 2.76 bits per heavy atom. The van der Waals surface area contributed by atoms with E-state index in [2.05, 4.69) is 48.2 Å². The van der Waals surface area contributed by atoms with E-state index in [1.54, 1.807) is 0 Å². The van der Waals surface area contributed by atoms with Crippen LogP contribution in [0.1, 0.15) is 32.9 Å². The first-order valence-electron chi connectivity index (χ1n) is 6.22. The normalized spacial score (nSPS) is 11.1. The summed E-state index contributed by atoms with van der Waals surface area (Å²) < 4.78 is 0. The van der Waals surface area contributed by atoms with Gasteiger partial charge in [-0.05, 0) is 38.5 Å². The Morgan fingerprint density at radius 2 is 2.06 bits per heavy atom. The van der Waals surface area contributed by atoms with Gasteiger partial charge < -0.3 is 5.32 Å². The van der Waals surface area contributed by atoms with Gasteiger partial charge in [0.2, 0.25) is 0 Å². The van der Waals surface area contributed by atoms with Gasteiger partial charge in [0.1, 0.15) is 0 Å². The van der Waals surface area contributed by atoms with Gasteiger partial charge in [-0.1, -0.05) is 13.3 Å². The number of hydrogen-bond acceptors (Lipinski definition) is 3. The van der Waals surface area contributed by atoms with E-state index in [0.29, 0.717) is 6.04 Å². The first kappa shape index (κ1) is 11.8. The summed E-state index contributed by atoms with van der Waals surface area (Å²) in [5.41, 5.74) is 3.07. The van der Waals surface area contributed by atoms with Crippen LogP contribution < -0.4 is 5.32 Å². The fraction of sp³-hybridized carbons (Fsp3) is 0.429. The molecule has 2 aromatic rings. The van der Waals surface area contributed by atoms with E-state index < -0.39 is 0 Å². The van der Waals surface area contributed by atoms with Crippen molar-refractivity contribution in [3.8, 4) is 0 Å². The maximum Gasteiger partial charge on any atom is 0.161 e. The third-order valence-corrected chi connectivity index (χ3v) is 2.61. The maximum absolute atomic E-state index is 4.58. The first-order chi connectivity index (χ1) is 8.20. The van der Waals surface area contributed by atoms with Gasteiger partial charge in [0.05, 0.1) is 0 Å². The van der Waals surface area contributed by atoms with E-state index in [0.717, 1.165) is 35.3 Å². The van der Waals surface area contributed by atoms with E-state index in [9.17, 15) is 0 Å². The van der Waals surface area contributed by atoms with Crippen molar-refractivity contribution in [1.29, 1.82) is 0 Å². The molecule has 0 unspecified atom stereocenters. The lowest BCUT2D eigenvalue weighted by Gasteiger charge is -2.12. The minimum atomic E-state index is 0.413. The molecule has 0 spiro atoms. The molecule has 0 aliphatic carbocycles. The third-order valence-electron chi connectivity index (χ3n) is 2.61. The lowest BCUT2D eigenvalue weighted by molar-refractivity contribution is 0.886. The summed E-state index contributed by atoms with van der Waals surface area (Å²) in [6.45, 7) is 6.42. The Hall–Kier alpha value is -1.64. The highest BCUT2D eigenvalue weighted by atomic mass is 14.9. The van der Waals surface area contributed by atoms with Crippen LogP contribution in [0.25, 0.3) is 11.0 Å². The van der Waals surface area contributed by atoms with E-state index in [1.165, 1.54) is 0 Å². The van der Waals surface area contributed by atoms with Gasteiger partial charge in [-0.3, -0.25) is 0 Å².